The van der Waals surface area contributed by atoms with Crippen LogP contribution < -0.4 is 10.9 Å². The Bertz CT molecular complexity index is 1590. The molecule has 1 fully saturated rings. The Kier molecular flexibility index (Phi) is 5.85. The van der Waals surface area contributed by atoms with Crippen molar-refractivity contribution in [3.8, 4) is 0 Å². The highest BCUT2D eigenvalue weighted by molar-refractivity contribution is 7.99. The zero-order valence-electron chi connectivity index (χ0n) is 18.8. The van der Waals surface area contributed by atoms with Crippen molar-refractivity contribution in [2.45, 2.75) is 10.1 Å². The standard InChI is InChI=1S/C25H23FN6O2S/c26-15-1-2-17-19(13-15)21-18(4-6-29-24(21)33)23-22(17)30-25(31-23)35-16-3-5-27-20(14-16)28-7-8-32-9-11-34-12-10-32/h1-6,13-14H,7-12H2,(H,27,28)(H,29,33)(H,30,31). The van der Waals surface area contributed by atoms with Crippen LogP contribution in [-0.2, 0) is 4.74 Å². The highest BCUT2D eigenvalue weighted by atomic mass is 32.2. The fourth-order valence-corrected chi connectivity index (χ4v) is 5.34. The lowest BCUT2D eigenvalue weighted by Gasteiger charge is -2.26. The molecule has 0 atom stereocenters. The Labute approximate surface area is 203 Å². The van der Waals surface area contributed by atoms with E-state index >= 15 is 0 Å². The maximum Gasteiger partial charge on any atom is 0.256 e. The molecular weight excluding hydrogens is 467 g/mol. The van der Waals surface area contributed by atoms with Gasteiger partial charge in [-0.25, -0.2) is 14.4 Å². The van der Waals surface area contributed by atoms with Gasteiger partial charge in [0, 0.05) is 59.6 Å². The van der Waals surface area contributed by atoms with Gasteiger partial charge in [0.25, 0.3) is 5.56 Å². The minimum absolute atomic E-state index is 0.265. The van der Waals surface area contributed by atoms with Crippen LogP contribution in [0.15, 0.2) is 63.6 Å². The van der Waals surface area contributed by atoms with Gasteiger partial charge in [0.05, 0.1) is 29.6 Å². The monoisotopic (exact) mass is 490 g/mol. The van der Waals surface area contributed by atoms with Gasteiger partial charge in [0.15, 0.2) is 5.16 Å². The second-order valence-electron chi connectivity index (χ2n) is 8.41. The first-order chi connectivity index (χ1) is 17.2. The molecule has 0 bridgehead atoms. The summed E-state index contributed by atoms with van der Waals surface area (Å²) in [5, 5.41) is 6.52. The van der Waals surface area contributed by atoms with Crippen molar-refractivity contribution in [2.75, 3.05) is 44.7 Å². The van der Waals surface area contributed by atoms with E-state index < -0.39 is 0 Å². The van der Waals surface area contributed by atoms with Gasteiger partial charge in [-0.15, -0.1) is 0 Å². The van der Waals surface area contributed by atoms with Gasteiger partial charge in [-0.2, -0.15) is 0 Å². The van der Waals surface area contributed by atoms with Gasteiger partial charge in [-0.1, -0.05) is 11.8 Å². The number of fused-ring (bicyclic) bond motifs is 6. The predicted octanol–water partition coefficient (Wildman–Crippen LogP) is 3.99. The summed E-state index contributed by atoms with van der Waals surface area (Å²) in [5.74, 6) is 0.415. The summed E-state index contributed by atoms with van der Waals surface area (Å²) in [6.07, 6.45) is 3.36. The predicted molar refractivity (Wildman–Crippen MR) is 136 cm³/mol. The number of hydrogen-bond acceptors (Lipinski definition) is 7. The van der Waals surface area contributed by atoms with Crippen molar-refractivity contribution < 1.29 is 9.13 Å². The highest BCUT2D eigenvalue weighted by Gasteiger charge is 2.16. The number of hydrogen-bond donors (Lipinski definition) is 3. The van der Waals surface area contributed by atoms with Crippen LogP contribution in [-0.4, -0.2) is 64.2 Å². The molecule has 0 amide bonds. The number of morpholine rings is 1. The van der Waals surface area contributed by atoms with Gasteiger partial charge >= 0.3 is 0 Å². The second kappa shape index (κ2) is 9.29. The zero-order chi connectivity index (χ0) is 23.8. The highest BCUT2D eigenvalue weighted by Crippen LogP contribution is 2.35. The molecule has 1 aliphatic heterocycles. The Morgan fingerprint density at radius 1 is 1.11 bits per heavy atom. The average Bonchev–Trinajstić information content (AvgIpc) is 3.29. The van der Waals surface area contributed by atoms with Crippen LogP contribution in [0.3, 0.4) is 0 Å². The first kappa shape index (κ1) is 22.0. The third kappa shape index (κ3) is 4.36. The minimum Gasteiger partial charge on any atom is -0.379 e. The fourth-order valence-electron chi connectivity index (χ4n) is 4.52. The minimum atomic E-state index is -0.388. The van der Waals surface area contributed by atoms with Crippen molar-refractivity contribution >= 4 is 50.2 Å². The summed E-state index contributed by atoms with van der Waals surface area (Å²) in [5.41, 5.74) is 1.20. The molecule has 0 unspecified atom stereocenters. The van der Waals surface area contributed by atoms with E-state index in [1.165, 1.54) is 23.9 Å². The molecule has 0 saturated carbocycles. The summed E-state index contributed by atoms with van der Waals surface area (Å²) in [6.45, 7) is 5.23. The first-order valence-corrected chi connectivity index (χ1v) is 12.3. The third-order valence-electron chi connectivity index (χ3n) is 6.20. The van der Waals surface area contributed by atoms with Crippen LogP contribution in [0.1, 0.15) is 0 Å². The molecule has 4 heterocycles. The van der Waals surface area contributed by atoms with Gasteiger partial charge in [-0.05, 0) is 36.4 Å². The Hall–Kier alpha value is -3.47. The fraction of sp³-hybridized carbons (Fsp3) is 0.240. The molecule has 3 N–H and O–H groups in total. The topological polar surface area (TPSA) is 98.9 Å². The summed E-state index contributed by atoms with van der Waals surface area (Å²) in [7, 11) is 0. The van der Waals surface area contributed by atoms with Gasteiger partial charge in [-0.3, -0.25) is 9.69 Å². The quantitative estimate of drug-likeness (QED) is 0.310. The SMILES string of the molecule is O=c1[nH]ccc2c3nc(Sc4ccnc(NCCN5CCOCC5)c4)[nH]c3c3ccc(F)cc3c12. The van der Waals surface area contributed by atoms with E-state index in [-0.39, 0.29) is 11.4 Å². The van der Waals surface area contributed by atoms with Crippen molar-refractivity contribution in [3.05, 3.63) is 65.0 Å². The molecule has 1 aliphatic rings. The van der Waals surface area contributed by atoms with Crippen LogP contribution in [0.5, 0.6) is 0 Å². The molecule has 1 saturated heterocycles. The molecular formula is C25H23FN6O2S. The average molecular weight is 491 g/mol. The number of pyridine rings is 2. The van der Waals surface area contributed by atoms with Gasteiger partial charge in [0.1, 0.15) is 11.6 Å². The summed E-state index contributed by atoms with van der Waals surface area (Å²) in [4.78, 5) is 31.3. The first-order valence-electron chi connectivity index (χ1n) is 11.5. The van der Waals surface area contributed by atoms with E-state index in [9.17, 15) is 9.18 Å². The second-order valence-corrected chi connectivity index (χ2v) is 9.47. The van der Waals surface area contributed by atoms with Crippen molar-refractivity contribution in [2.24, 2.45) is 0 Å². The molecule has 178 valence electrons. The molecule has 8 nitrogen and oxygen atoms in total. The molecule has 3 aromatic heterocycles. The van der Waals surface area contributed by atoms with E-state index in [4.69, 9.17) is 9.72 Å². The van der Waals surface area contributed by atoms with Gasteiger partial charge < -0.3 is 20.0 Å². The molecule has 0 spiro atoms. The number of aromatic amines is 2. The number of benzene rings is 2. The summed E-state index contributed by atoms with van der Waals surface area (Å²) in [6, 6.07) is 10.2. The number of imidazole rings is 1. The normalized spacial score (nSPS) is 14.8. The van der Waals surface area contributed by atoms with Crippen LogP contribution in [0.4, 0.5) is 10.2 Å². The Balaban J connectivity index is 1.30. The number of ether oxygens (including phenoxy) is 1. The summed E-state index contributed by atoms with van der Waals surface area (Å²) < 4.78 is 19.5. The summed E-state index contributed by atoms with van der Waals surface area (Å²) >= 11 is 1.48. The lowest BCUT2D eigenvalue weighted by molar-refractivity contribution is 0.0398. The van der Waals surface area contributed by atoms with Crippen LogP contribution in [0.25, 0.3) is 32.6 Å². The lowest BCUT2D eigenvalue weighted by Crippen LogP contribution is -2.39. The molecule has 0 aliphatic carbocycles. The number of rotatable bonds is 6. The smallest absolute Gasteiger partial charge is 0.256 e. The molecule has 10 heteroatoms. The van der Waals surface area contributed by atoms with Crippen LogP contribution in [0, 0.1) is 5.82 Å². The lowest BCUT2D eigenvalue weighted by atomic mass is 10.0. The maximum absolute atomic E-state index is 14.1. The Morgan fingerprint density at radius 3 is 2.89 bits per heavy atom. The maximum atomic E-state index is 14.1. The molecule has 2 aromatic carbocycles. The van der Waals surface area contributed by atoms with E-state index in [0.29, 0.717) is 26.8 Å². The van der Waals surface area contributed by atoms with Crippen molar-refractivity contribution in [1.29, 1.82) is 0 Å². The third-order valence-corrected chi connectivity index (χ3v) is 7.08. The molecule has 35 heavy (non-hydrogen) atoms. The molecule has 5 aromatic rings. The van der Waals surface area contributed by atoms with E-state index in [1.54, 1.807) is 18.5 Å². The molecule has 6 rings (SSSR count). The number of nitrogens with zero attached hydrogens (tertiary/aromatic N) is 3. The van der Waals surface area contributed by atoms with Crippen molar-refractivity contribution in [1.82, 2.24) is 24.8 Å². The number of anilines is 1. The van der Waals surface area contributed by atoms with Crippen LogP contribution >= 0.6 is 11.8 Å². The van der Waals surface area contributed by atoms with E-state index in [1.807, 2.05) is 18.2 Å². The number of halogens is 1. The van der Waals surface area contributed by atoms with E-state index in [0.717, 1.165) is 61.0 Å². The Morgan fingerprint density at radius 2 is 2.00 bits per heavy atom. The van der Waals surface area contributed by atoms with Crippen LogP contribution in [0.2, 0.25) is 0 Å². The number of aromatic nitrogens is 4. The molecule has 0 radical (unpaired) electrons. The van der Waals surface area contributed by atoms with E-state index in [2.05, 4.69) is 25.2 Å². The van der Waals surface area contributed by atoms with Crippen molar-refractivity contribution in [3.63, 3.8) is 0 Å². The largest absolute Gasteiger partial charge is 0.379 e. The van der Waals surface area contributed by atoms with Gasteiger partial charge in [0.2, 0.25) is 0 Å². The number of H-pyrrole nitrogens is 2. The zero-order valence-corrected chi connectivity index (χ0v) is 19.6. The number of nitrogens with one attached hydrogen (secondary N) is 3.